The van der Waals surface area contributed by atoms with Gasteiger partial charge in [-0.15, -0.1) is 16.4 Å². The predicted octanol–water partition coefficient (Wildman–Crippen LogP) is 3.18. The zero-order valence-electron chi connectivity index (χ0n) is 12.6. The molecule has 1 saturated carbocycles. The Balaban J connectivity index is 1.54. The molecule has 2 unspecified atom stereocenters. The fourth-order valence-electron chi connectivity index (χ4n) is 3.97. The van der Waals surface area contributed by atoms with Gasteiger partial charge >= 0.3 is 5.76 Å². The van der Waals surface area contributed by atoms with Crippen LogP contribution >= 0.6 is 11.3 Å². The first kappa shape index (κ1) is 14.2. The molecule has 118 valence electrons. The lowest BCUT2D eigenvalue weighted by atomic mass is 9.78. The largest absolute Gasteiger partial charge is 0.438 e. The minimum absolute atomic E-state index is 0.346. The van der Waals surface area contributed by atoms with Crippen molar-refractivity contribution in [2.75, 3.05) is 6.54 Å². The molecule has 3 heterocycles. The first-order chi connectivity index (χ1) is 10.8. The van der Waals surface area contributed by atoms with Crippen molar-refractivity contribution in [2.24, 2.45) is 5.92 Å². The lowest BCUT2D eigenvalue weighted by molar-refractivity contribution is 0.0311. The van der Waals surface area contributed by atoms with Crippen LogP contribution in [0.2, 0.25) is 0 Å². The summed E-state index contributed by atoms with van der Waals surface area (Å²) in [5.74, 6) is 0.903. The highest BCUT2D eigenvalue weighted by molar-refractivity contribution is 7.13. The summed E-state index contributed by atoms with van der Waals surface area (Å²) in [5, 5.41) is 6.35. The molecular formula is C16H21N3O2S. The molecule has 22 heavy (non-hydrogen) atoms. The van der Waals surface area contributed by atoms with Crippen molar-refractivity contribution >= 4 is 11.3 Å². The van der Waals surface area contributed by atoms with E-state index in [0.29, 0.717) is 18.6 Å². The third kappa shape index (κ3) is 2.65. The molecule has 0 spiro atoms. The van der Waals surface area contributed by atoms with Crippen molar-refractivity contribution in [3.63, 3.8) is 0 Å². The Morgan fingerprint density at radius 1 is 1.27 bits per heavy atom. The van der Waals surface area contributed by atoms with Crippen LogP contribution in [0.3, 0.4) is 0 Å². The molecule has 5 nitrogen and oxygen atoms in total. The Morgan fingerprint density at radius 2 is 2.14 bits per heavy atom. The van der Waals surface area contributed by atoms with E-state index in [4.69, 9.17) is 4.42 Å². The second kappa shape index (κ2) is 6.01. The monoisotopic (exact) mass is 319 g/mol. The number of thiophene rings is 1. The summed E-state index contributed by atoms with van der Waals surface area (Å²) in [7, 11) is 0. The molecule has 2 atom stereocenters. The van der Waals surface area contributed by atoms with Crippen LogP contribution in [-0.4, -0.2) is 27.3 Å². The third-order valence-electron chi connectivity index (χ3n) is 5.01. The third-order valence-corrected chi connectivity index (χ3v) is 5.87. The first-order valence-electron chi connectivity index (χ1n) is 8.17. The van der Waals surface area contributed by atoms with Crippen molar-refractivity contribution < 1.29 is 4.42 Å². The highest BCUT2D eigenvalue weighted by Crippen LogP contribution is 2.35. The van der Waals surface area contributed by atoms with Gasteiger partial charge in [-0.25, -0.2) is 4.79 Å². The van der Waals surface area contributed by atoms with Gasteiger partial charge < -0.3 is 4.42 Å². The normalized spacial score (nSPS) is 26.0. The average molecular weight is 319 g/mol. The molecule has 2 aromatic heterocycles. The van der Waals surface area contributed by atoms with Crippen LogP contribution in [0.1, 0.15) is 38.5 Å². The summed E-state index contributed by atoms with van der Waals surface area (Å²) in [6.45, 7) is 1.63. The van der Waals surface area contributed by atoms with Crippen molar-refractivity contribution in [3.05, 3.63) is 28.1 Å². The van der Waals surface area contributed by atoms with E-state index < -0.39 is 0 Å². The number of fused-ring (bicyclic) bond motifs is 1. The summed E-state index contributed by atoms with van der Waals surface area (Å²) in [6, 6.07) is 4.49. The standard InChI is InChI=1S/C16H21N3O2S/c20-16-19(17-15(21-16)14-8-4-10-22-14)11-18-9-3-6-12-5-1-2-7-13(12)18/h4,8,10,12-13H,1-3,5-7,9,11H2. The van der Waals surface area contributed by atoms with Crippen LogP contribution in [0, 0.1) is 5.92 Å². The average Bonchev–Trinajstić information content (AvgIpc) is 3.18. The van der Waals surface area contributed by atoms with Crippen LogP contribution in [-0.2, 0) is 6.67 Å². The van der Waals surface area contributed by atoms with E-state index in [0.717, 1.165) is 17.3 Å². The lowest BCUT2D eigenvalue weighted by Gasteiger charge is -2.43. The fourth-order valence-corrected chi connectivity index (χ4v) is 4.62. The number of nitrogens with zero attached hydrogens (tertiary/aromatic N) is 3. The van der Waals surface area contributed by atoms with E-state index in [-0.39, 0.29) is 5.76 Å². The summed E-state index contributed by atoms with van der Waals surface area (Å²) in [5.41, 5.74) is 0. The maximum Gasteiger partial charge on any atom is 0.438 e. The number of piperidine rings is 1. The van der Waals surface area contributed by atoms with Gasteiger partial charge in [-0.2, -0.15) is 4.68 Å². The molecule has 1 aliphatic heterocycles. The van der Waals surface area contributed by atoms with E-state index in [2.05, 4.69) is 10.00 Å². The van der Waals surface area contributed by atoms with Crippen molar-refractivity contribution in [1.82, 2.24) is 14.7 Å². The van der Waals surface area contributed by atoms with E-state index in [1.165, 1.54) is 43.2 Å². The van der Waals surface area contributed by atoms with Crippen molar-refractivity contribution in [2.45, 2.75) is 51.2 Å². The minimum atomic E-state index is -0.346. The van der Waals surface area contributed by atoms with Crippen LogP contribution in [0.25, 0.3) is 10.8 Å². The van der Waals surface area contributed by atoms with Crippen molar-refractivity contribution in [1.29, 1.82) is 0 Å². The molecule has 2 fully saturated rings. The molecule has 0 aromatic carbocycles. The predicted molar refractivity (Wildman–Crippen MR) is 85.8 cm³/mol. The first-order valence-corrected chi connectivity index (χ1v) is 9.05. The number of aromatic nitrogens is 2. The quantitative estimate of drug-likeness (QED) is 0.872. The molecule has 0 N–H and O–H groups in total. The maximum absolute atomic E-state index is 12.1. The molecule has 0 amide bonds. The molecule has 2 aliphatic rings. The van der Waals surface area contributed by atoms with Gasteiger partial charge in [-0.05, 0) is 43.0 Å². The highest BCUT2D eigenvalue weighted by atomic mass is 32.1. The Bertz CT molecular complexity index is 674. The zero-order valence-corrected chi connectivity index (χ0v) is 13.4. The summed E-state index contributed by atoms with van der Waals surface area (Å²) in [6.07, 6.45) is 7.85. The lowest BCUT2D eigenvalue weighted by Crippen LogP contribution is -2.48. The molecule has 1 saturated heterocycles. The molecule has 6 heteroatoms. The molecule has 0 bridgehead atoms. The van der Waals surface area contributed by atoms with Crippen molar-refractivity contribution in [3.8, 4) is 10.8 Å². The number of hydrogen-bond donors (Lipinski definition) is 0. The van der Waals surface area contributed by atoms with Gasteiger partial charge in [0.1, 0.15) is 6.67 Å². The molecule has 1 aliphatic carbocycles. The number of likely N-dealkylation sites (tertiary alicyclic amines) is 1. The second-order valence-electron chi connectivity index (χ2n) is 6.36. The Morgan fingerprint density at radius 3 is 3.00 bits per heavy atom. The molecular weight excluding hydrogens is 298 g/mol. The second-order valence-corrected chi connectivity index (χ2v) is 7.31. The van der Waals surface area contributed by atoms with Gasteiger partial charge in [0.05, 0.1) is 4.88 Å². The van der Waals surface area contributed by atoms with Crippen LogP contribution in [0.15, 0.2) is 26.7 Å². The van der Waals surface area contributed by atoms with Gasteiger partial charge in [0.15, 0.2) is 0 Å². The van der Waals surface area contributed by atoms with E-state index in [1.54, 1.807) is 11.3 Å². The number of rotatable bonds is 3. The Labute approximate surface area is 133 Å². The molecule has 0 radical (unpaired) electrons. The molecule has 4 rings (SSSR count). The van der Waals surface area contributed by atoms with Gasteiger partial charge in [0, 0.05) is 12.6 Å². The Hall–Kier alpha value is -1.40. The summed E-state index contributed by atoms with van der Waals surface area (Å²) < 4.78 is 6.81. The molecule has 2 aromatic rings. The van der Waals surface area contributed by atoms with Crippen LogP contribution in [0.5, 0.6) is 0 Å². The fraction of sp³-hybridized carbons (Fsp3) is 0.625. The van der Waals surface area contributed by atoms with Gasteiger partial charge in [-0.3, -0.25) is 4.90 Å². The number of hydrogen-bond acceptors (Lipinski definition) is 5. The minimum Gasteiger partial charge on any atom is -0.387 e. The van der Waals surface area contributed by atoms with E-state index >= 15 is 0 Å². The van der Waals surface area contributed by atoms with Gasteiger partial charge in [0.2, 0.25) is 0 Å². The van der Waals surface area contributed by atoms with Gasteiger partial charge in [-0.1, -0.05) is 18.9 Å². The summed E-state index contributed by atoms with van der Waals surface area (Å²) in [4.78, 5) is 15.4. The van der Waals surface area contributed by atoms with Crippen LogP contribution in [0.4, 0.5) is 0 Å². The zero-order chi connectivity index (χ0) is 14.9. The smallest absolute Gasteiger partial charge is 0.387 e. The SMILES string of the molecule is O=c1oc(-c2cccs2)nn1CN1CCCC2CCCCC21. The van der Waals surface area contributed by atoms with Crippen LogP contribution < -0.4 is 5.76 Å². The van der Waals surface area contributed by atoms with Gasteiger partial charge in [0.25, 0.3) is 5.89 Å². The maximum atomic E-state index is 12.1. The Kier molecular flexibility index (Phi) is 3.88. The summed E-state index contributed by atoms with van der Waals surface area (Å²) >= 11 is 1.54. The van der Waals surface area contributed by atoms with E-state index in [1.807, 2.05) is 17.5 Å². The highest BCUT2D eigenvalue weighted by Gasteiger charge is 2.33. The topological polar surface area (TPSA) is 51.3 Å². The van der Waals surface area contributed by atoms with E-state index in [9.17, 15) is 4.79 Å².